The first-order valence-corrected chi connectivity index (χ1v) is 9.92. The van der Waals surface area contributed by atoms with Crippen LogP contribution in [0, 0.1) is 0 Å². The average Bonchev–Trinajstić information content (AvgIpc) is 1.41. The molecule has 0 rings (SSSR count). The molecule has 0 bridgehead atoms. The van der Waals surface area contributed by atoms with E-state index in [-0.39, 0.29) is 14.3 Å². The molecule has 0 aromatic carbocycles. The zero-order chi connectivity index (χ0) is 5.58. The van der Waals surface area contributed by atoms with Gasteiger partial charge in [0.2, 0.25) is 0 Å². The van der Waals surface area contributed by atoms with Crippen LogP contribution in [0.2, 0.25) is 17.3 Å². The summed E-state index contributed by atoms with van der Waals surface area (Å²) in [6.45, 7) is 0. The zero-order valence-electron chi connectivity index (χ0n) is 4.91. The maximum absolute atomic E-state index is 2.62. The SMILES string of the molecule is [CH3][Ge]([CH3])[CH3].[Li][Se]. The molecule has 0 saturated heterocycles. The second kappa shape index (κ2) is 9.82. The summed E-state index contributed by atoms with van der Waals surface area (Å²) in [7, 11) is 0. The minimum absolute atomic E-state index is 0.333. The van der Waals surface area contributed by atoms with Crippen LogP contribution in [0.3, 0.4) is 0 Å². The Labute approximate surface area is 60.9 Å². The Morgan fingerprint density at radius 1 is 1.17 bits per heavy atom. The van der Waals surface area contributed by atoms with E-state index in [0.717, 1.165) is 0 Å². The maximum atomic E-state index is 2.62. The molecule has 0 aliphatic heterocycles. The summed E-state index contributed by atoms with van der Waals surface area (Å²) >= 11 is 4.17. The number of hydrogen-bond donors (Lipinski definition) is 0. The predicted molar refractivity (Wildman–Crippen MR) is 34.9 cm³/mol. The van der Waals surface area contributed by atoms with Crippen LogP contribution in [0.4, 0.5) is 0 Å². The third-order valence-electron chi connectivity index (χ3n) is 0. The Morgan fingerprint density at radius 3 is 1.17 bits per heavy atom. The standard InChI is InChI=1S/C3H9Ge.Li.Se/c1-4(2)3;;/h1-3H3;;. The molecule has 0 aromatic heterocycles. The molecule has 0 N–H and O–H groups in total. The first-order chi connectivity index (χ1) is 2.73. The van der Waals surface area contributed by atoms with Crippen LogP contribution < -0.4 is 0 Å². The molecule has 0 spiro atoms. The van der Waals surface area contributed by atoms with Gasteiger partial charge in [0.25, 0.3) is 0 Å². The predicted octanol–water partition coefficient (Wildman–Crippen LogP) is 0.609. The van der Waals surface area contributed by atoms with Gasteiger partial charge in [-0.15, -0.1) is 0 Å². The molecule has 2 radical (unpaired) electrons. The van der Waals surface area contributed by atoms with Crippen molar-refractivity contribution in [3.63, 3.8) is 0 Å². The van der Waals surface area contributed by atoms with Crippen molar-refractivity contribution in [2.75, 3.05) is 0 Å². The molecule has 6 heavy (non-hydrogen) atoms. The molecule has 32 valence electrons. The number of rotatable bonds is 0. The van der Waals surface area contributed by atoms with Crippen LogP contribution in [0.1, 0.15) is 0 Å². The van der Waals surface area contributed by atoms with E-state index in [1.165, 1.54) is 0 Å². The van der Waals surface area contributed by atoms with Gasteiger partial charge in [-0.2, -0.15) is 0 Å². The van der Waals surface area contributed by atoms with Gasteiger partial charge in [-0.05, 0) is 0 Å². The van der Waals surface area contributed by atoms with Gasteiger partial charge in [-0.25, -0.2) is 0 Å². The van der Waals surface area contributed by atoms with Gasteiger partial charge in [-0.3, -0.25) is 0 Å². The van der Waals surface area contributed by atoms with E-state index in [0.29, 0.717) is 0 Å². The van der Waals surface area contributed by atoms with E-state index in [4.69, 9.17) is 0 Å². The quantitative estimate of drug-likeness (QED) is 0.506. The van der Waals surface area contributed by atoms with Crippen molar-refractivity contribution in [1.82, 2.24) is 0 Å². The molecule has 0 unspecified atom stereocenters. The molecule has 0 atom stereocenters. The van der Waals surface area contributed by atoms with Crippen molar-refractivity contribution in [2.45, 2.75) is 17.3 Å². The fraction of sp³-hybridized carbons (Fsp3) is 1.00. The van der Waals surface area contributed by atoms with Crippen LogP contribution in [0.25, 0.3) is 0 Å². The Hall–Kier alpha value is 1.66. The van der Waals surface area contributed by atoms with Gasteiger partial charge >= 0.3 is 61.2 Å². The van der Waals surface area contributed by atoms with E-state index in [1.54, 1.807) is 0 Å². The van der Waals surface area contributed by atoms with Crippen LogP contribution in [-0.4, -0.2) is 43.9 Å². The van der Waals surface area contributed by atoms with E-state index >= 15 is 0 Å². The molecule has 3 heteroatoms. The summed E-state index contributed by atoms with van der Waals surface area (Å²) in [5.74, 6) is 7.00. The van der Waals surface area contributed by atoms with Crippen LogP contribution in [0.5, 0.6) is 0 Å². The Balaban J connectivity index is 0. The van der Waals surface area contributed by atoms with Crippen molar-refractivity contribution in [3.05, 3.63) is 0 Å². The van der Waals surface area contributed by atoms with Gasteiger partial charge in [0.05, 0.1) is 0 Å². The normalized spacial score (nSPS) is 7.17. The van der Waals surface area contributed by atoms with E-state index < -0.39 is 0 Å². The molecule has 0 aliphatic carbocycles. The van der Waals surface area contributed by atoms with Crippen molar-refractivity contribution in [3.8, 4) is 0 Å². The van der Waals surface area contributed by atoms with Gasteiger partial charge < -0.3 is 0 Å². The van der Waals surface area contributed by atoms with Crippen molar-refractivity contribution >= 4 is 43.9 Å². The third-order valence-corrected chi connectivity index (χ3v) is 0. The fourth-order valence-electron chi connectivity index (χ4n) is 0. The molecule has 0 fully saturated rings. The topological polar surface area (TPSA) is 0 Å². The summed E-state index contributed by atoms with van der Waals surface area (Å²) in [6.07, 6.45) is 0. The van der Waals surface area contributed by atoms with E-state index in [2.05, 4.69) is 31.1 Å². The second-order valence-corrected chi connectivity index (χ2v) is 7.79. The number of hydrogen-bond acceptors (Lipinski definition) is 0. The van der Waals surface area contributed by atoms with Crippen LogP contribution in [0.15, 0.2) is 0 Å². The summed E-state index contributed by atoms with van der Waals surface area (Å²) in [5, 5.41) is 0. The zero-order valence-corrected chi connectivity index (χ0v) is 8.72. The molecular weight excluding hydrogens is 195 g/mol. The second-order valence-electron chi connectivity index (χ2n) is 1.50. The summed E-state index contributed by atoms with van der Waals surface area (Å²) in [6, 6.07) is 0. The summed E-state index contributed by atoms with van der Waals surface area (Å²) in [5.41, 5.74) is 0. The van der Waals surface area contributed by atoms with Gasteiger partial charge in [0, 0.05) is 0 Å². The Kier molecular flexibility index (Phi) is 17.4. The fourth-order valence-corrected chi connectivity index (χ4v) is 0. The monoisotopic (exact) mass is 206 g/mol. The molecule has 0 amide bonds. The first-order valence-electron chi connectivity index (χ1n) is 1.91. The first kappa shape index (κ1) is 10.6. The summed E-state index contributed by atoms with van der Waals surface area (Å²) in [4.78, 5) is 0. The molecule has 0 heterocycles. The molecular formula is C3H9GeLiSe. The van der Waals surface area contributed by atoms with Gasteiger partial charge in [0.1, 0.15) is 0 Å². The van der Waals surface area contributed by atoms with Gasteiger partial charge in [0.15, 0.2) is 0 Å². The van der Waals surface area contributed by atoms with Crippen molar-refractivity contribution < 1.29 is 0 Å². The van der Waals surface area contributed by atoms with E-state index in [9.17, 15) is 0 Å². The van der Waals surface area contributed by atoms with Gasteiger partial charge in [-0.1, -0.05) is 0 Å². The Morgan fingerprint density at radius 2 is 1.17 bits per heavy atom. The average molecular weight is 204 g/mol. The van der Waals surface area contributed by atoms with E-state index in [1.807, 2.05) is 15.8 Å². The molecule has 0 aromatic rings. The van der Waals surface area contributed by atoms with Crippen LogP contribution >= 0.6 is 0 Å². The van der Waals surface area contributed by atoms with Crippen molar-refractivity contribution in [1.29, 1.82) is 0 Å². The van der Waals surface area contributed by atoms with Crippen LogP contribution in [-0.2, 0) is 0 Å². The summed E-state index contributed by atoms with van der Waals surface area (Å²) < 4.78 is 0. The minimum atomic E-state index is -0.333. The molecule has 0 aliphatic rings. The Bertz CT molecular complexity index is 15.5. The molecule has 0 saturated carbocycles. The third kappa shape index (κ3) is 44.6. The molecule has 0 nitrogen and oxygen atoms in total. The van der Waals surface area contributed by atoms with Crippen molar-refractivity contribution in [2.24, 2.45) is 0 Å².